The van der Waals surface area contributed by atoms with Crippen LogP contribution in [0.1, 0.15) is 15.9 Å². The molecule has 1 heterocycles. The molecule has 0 aliphatic carbocycles. The van der Waals surface area contributed by atoms with Crippen molar-refractivity contribution in [3.63, 3.8) is 0 Å². The number of hydrogen-bond donors (Lipinski definition) is 2. The molecule has 0 aliphatic rings. The molecule has 0 aliphatic heterocycles. The molecule has 1 aromatic heterocycles. The van der Waals surface area contributed by atoms with Gasteiger partial charge in [-0.05, 0) is 41.8 Å². The van der Waals surface area contributed by atoms with Crippen molar-refractivity contribution < 1.29 is 18.0 Å². The van der Waals surface area contributed by atoms with Crippen LogP contribution in [0.4, 0.5) is 18.9 Å². The first-order valence-corrected chi connectivity index (χ1v) is 6.49. The quantitative estimate of drug-likeness (QED) is 0.722. The highest BCUT2D eigenvalue weighted by Gasteiger charge is 2.30. The minimum Gasteiger partial charge on any atom is -0.361 e. The Morgan fingerprint density at radius 3 is 2.64 bits per heavy atom. The molecule has 6 heteroatoms. The smallest absolute Gasteiger partial charge is 0.361 e. The number of carbonyl (C=O) groups excluding carboxylic acids is 1. The van der Waals surface area contributed by atoms with Gasteiger partial charge in [-0.1, -0.05) is 12.1 Å². The van der Waals surface area contributed by atoms with Crippen LogP contribution in [0.5, 0.6) is 0 Å². The van der Waals surface area contributed by atoms with Crippen LogP contribution >= 0.6 is 0 Å². The Labute approximate surface area is 123 Å². The maximum absolute atomic E-state index is 12.7. The minimum absolute atomic E-state index is 0.0404. The van der Waals surface area contributed by atoms with Gasteiger partial charge in [0.1, 0.15) is 0 Å². The maximum Gasteiger partial charge on any atom is 0.416 e. The molecule has 3 rings (SSSR count). The molecular weight excluding hydrogens is 293 g/mol. The third kappa shape index (κ3) is 2.81. The highest BCUT2D eigenvalue weighted by Crippen LogP contribution is 2.29. The van der Waals surface area contributed by atoms with E-state index in [9.17, 15) is 18.0 Å². The number of hydrogen-bond acceptors (Lipinski definition) is 1. The SMILES string of the molecule is O=C(Nc1ccc2cc[nH]c2c1)c1cccc(C(F)(F)F)c1. The molecule has 0 fully saturated rings. The third-order valence-electron chi connectivity index (χ3n) is 3.26. The molecule has 22 heavy (non-hydrogen) atoms. The second-order valence-electron chi connectivity index (χ2n) is 4.81. The largest absolute Gasteiger partial charge is 0.416 e. The summed E-state index contributed by atoms with van der Waals surface area (Å²) in [4.78, 5) is 15.1. The van der Waals surface area contributed by atoms with Gasteiger partial charge in [0.15, 0.2) is 0 Å². The van der Waals surface area contributed by atoms with Gasteiger partial charge in [-0.2, -0.15) is 13.2 Å². The topological polar surface area (TPSA) is 44.9 Å². The maximum atomic E-state index is 12.7. The predicted molar refractivity (Wildman–Crippen MR) is 77.7 cm³/mol. The van der Waals surface area contributed by atoms with Crippen molar-refractivity contribution in [2.45, 2.75) is 6.18 Å². The summed E-state index contributed by atoms with van der Waals surface area (Å²) in [7, 11) is 0. The van der Waals surface area contributed by atoms with Crippen LogP contribution in [0.15, 0.2) is 54.7 Å². The molecule has 0 saturated carbocycles. The average Bonchev–Trinajstić information content (AvgIpc) is 2.94. The summed E-state index contributed by atoms with van der Waals surface area (Å²) in [5, 5.41) is 3.58. The van der Waals surface area contributed by atoms with Gasteiger partial charge < -0.3 is 10.3 Å². The van der Waals surface area contributed by atoms with Crippen LogP contribution in [0, 0.1) is 0 Å². The molecule has 2 N–H and O–H groups in total. The van der Waals surface area contributed by atoms with Gasteiger partial charge in [-0.15, -0.1) is 0 Å². The number of nitrogens with one attached hydrogen (secondary N) is 2. The molecule has 0 spiro atoms. The first-order chi connectivity index (χ1) is 10.4. The van der Waals surface area contributed by atoms with Gasteiger partial charge in [-0.25, -0.2) is 0 Å². The molecule has 0 bridgehead atoms. The molecule has 3 nitrogen and oxygen atoms in total. The van der Waals surface area contributed by atoms with Crippen molar-refractivity contribution in [3.05, 3.63) is 65.9 Å². The molecule has 0 unspecified atom stereocenters. The molecule has 112 valence electrons. The van der Waals surface area contributed by atoms with Crippen LogP contribution in [0.25, 0.3) is 10.9 Å². The van der Waals surface area contributed by atoms with Crippen LogP contribution in [-0.4, -0.2) is 10.9 Å². The van der Waals surface area contributed by atoms with Gasteiger partial charge in [0.2, 0.25) is 0 Å². The molecule has 0 saturated heterocycles. The summed E-state index contributed by atoms with van der Waals surface area (Å²) >= 11 is 0. The van der Waals surface area contributed by atoms with Crippen LogP contribution in [0.2, 0.25) is 0 Å². The number of benzene rings is 2. The standard InChI is InChI=1S/C16H11F3N2O/c17-16(18,19)12-3-1-2-11(8-12)15(22)21-13-5-4-10-6-7-20-14(10)9-13/h1-9,20H,(H,21,22). The van der Waals surface area contributed by atoms with Gasteiger partial charge >= 0.3 is 6.18 Å². The monoisotopic (exact) mass is 304 g/mol. The number of rotatable bonds is 2. The fraction of sp³-hybridized carbons (Fsp3) is 0.0625. The van der Waals surface area contributed by atoms with E-state index >= 15 is 0 Å². The summed E-state index contributed by atoms with van der Waals surface area (Å²) in [5.74, 6) is -0.586. The van der Waals surface area contributed by atoms with E-state index in [0.29, 0.717) is 5.69 Å². The first kappa shape index (κ1) is 14.2. The summed E-state index contributed by atoms with van der Waals surface area (Å²) < 4.78 is 38.0. The fourth-order valence-electron chi connectivity index (χ4n) is 2.17. The van der Waals surface area contributed by atoms with E-state index in [4.69, 9.17) is 0 Å². The zero-order chi connectivity index (χ0) is 15.7. The van der Waals surface area contributed by atoms with Crippen molar-refractivity contribution in [1.29, 1.82) is 0 Å². The van der Waals surface area contributed by atoms with E-state index in [0.717, 1.165) is 23.0 Å². The Morgan fingerprint density at radius 1 is 1.05 bits per heavy atom. The number of carbonyl (C=O) groups is 1. The second-order valence-corrected chi connectivity index (χ2v) is 4.81. The summed E-state index contributed by atoms with van der Waals surface area (Å²) in [6.07, 6.45) is -2.71. The summed E-state index contributed by atoms with van der Waals surface area (Å²) in [5.41, 5.74) is 0.459. The lowest BCUT2D eigenvalue weighted by Crippen LogP contribution is -2.13. The van der Waals surface area contributed by atoms with E-state index in [1.807, 2.05) is 12.1 Å². The van der Waals surface area contributed by atoms with E-state index < -0.39 is 17.6 Å². The van der Waals surface area contributed by atoms with Crippen LogP contribution in [-0.2, 0) is 6.18 Å². The molecular formula is C16H11F3N2O. The fourth-order valence-corrected chi connectivity index (χ4v) is 2.17. The second kappa shape index (κ2) is 5.22. The lowest BCUT2D eigenvalue weighted by molar-refractivity contribution is -0.137. The number of alkyl halides is 3. The summed E-state index contributed by atoms with van der Waals surface area (Å²) in [6.45, 7) is 0. The molecule has 0 atom stereocenters. The predicted octanol–water partition coefficient (Wildman–Crippen LogP) is 4.44. The van der Waals surface area contributed by atoms with Crippen molar-refractivity contribution in [3.8, 4) is 0 Å². The van der Waals surface area contributed by atoms with Crippen molar-refractivity contribution in [1.82, 2.24) is 4.98 Å². The Hall–Kier alpha value is -2.76. The Kier molecular flexibility index (Phi) is 3.36. The van der Waals surface area contributed by atoms with Gasteiger partial charge in [-0.3, -0.25) is 4.79 Å². The molecule has 0 radical (unpaired) electrons. The normalized spacial score (nSPS) is 11.6. The van der Waals surface area contributed by atoms with E-state index in [1.165, 1.54) is 12.1 Å². The van der Waals surface area contributed by atoms with Crippen molar-refractivity contribution in [2.24, 2.45) is 0 Å². The lowest BCUT2D eigenvalue weighted by atomic mass is 10.1. The van der Waals surface area contributed by atoms with Crippen molar-refractivity contribution in [2.75, 3.05) is 5.32 Å². The zero-order valence-corrected chi connectivity index (χ0v) is 11.2. The number of fused-ring (bicyclic) bond motifs is 1. The Bertz CT molecular complexity index is 837. The van der Waals surface area contributed by atoms with Gasteiger partial charge in [0.25, 0.3) is 5.91 Å². The average molecular weight is 304 g/mol. The van der Waals surface area contributed by atoms with E-state index in [2.05, 4.69) is 10.3 Å². The first-order valence-electron chi connectivity index (χ1n) is 6.49. The van der Waals surface area contributed by atoms with Gasteiger partial charge in [0.05, 0.1) is 5.56 Å². The number of H-pyrrole nitrogens is 1. The zero-order valence-electron chi connectivity index (χ0n) is 11.2. The molecule has 2 aromatic carbocycles. The van der Waals surface area contributed by atoms with E-state index in [1.54, 1.807) is 18.3 Å². The van der Waals surface area contributed by atoms with Crippen molar-refractivity contribution >= 4 is 22.5 Å². The van der Waals surface area contributed by atoms with Crippen LogP contribution < -0.4 is 5.32 Å². The van der Waals surface area contributed by atoms with E-state index in [-0.39, 0.29) is 5.56 Å². The number of aromatic amines is 1. The lowest BCUT2D eigenvalue weighted by Gasteiger charge is -2.09. The highest BCUT2D eigenvalue weighted by molar-refractivity contribution is 6.05. The molecule has 3 aromatic rings. The van der Waals surface area contributed by atoms with Gasteiger partial charge in [0, 0.05) is 23.0 Å². The summed E-state index contributed by atoms with van der Waals surface area (Å²) in [6, 6.07) is 11.4. The third-order valence-corrected chi connectivity index (χ3v) is 3.26. The Balaban J connectivity index is 1.85. The number of halogens is 3. The highest BCUT2D eigenvalue weighted by atomic mass is 19.4. The number of anilines is 1. The minimum atomic E-state index is -4.47. The van der Waals surface area contributed by atoms with Crippen LogP contribution in [0.3, 0.4) is 0 Å². The Morgan fingerprint density at radius 2 is 1.86 bits per heavy atom. The number of aromatic nitrogens is 1. The molecule has 1 amide bonds. The number of amides is 1.